The van der Waals surface area contributed by atoms with Gasteiger partial charge in [-0.1, -0.05) is 16.8 Å². The molecule has 3 aromatic rings. The molecular formula is C16H14ClFN2O3S2. The first-order valence-electron chi connectivity index (χ1n) is 7.20. The third kappa shape index (κ3) is 3.42. The largest absolute Gasteiger partial charge is 0.355 e. The second kappa shape index (κ2) is 6.44. The lowest BCUT2D eigenvalue weighted by Crippen LogP contribution is -2.13. The van der Waals surface area contributed by atoms with Gasteiger partial charge in [-0.2, -0.15) is 0 Å². The van der Waals surface area contributed by atoms with Crippen LogP contribution in [-0.4, -0.2) is 13.6 Å². The fourth-order valence-corrected chi connectivity index (χ4v) is 5.24. The second-order valence-electron chi connectivity index (χ2n) is 5.48. The fourth-order valence-electron chi connectivity index (χ4n) is 2.26. The number of sulfonamides is 1. The van der Waals surface area contributed by atoms with Crippen LogP contribution < -0.4 is 4.72 Å². The number of aryl methyl sites for hydroxylation is 2. The second-order valence-corrected chi connectivity index (χ2v) is 8.80. The van der Waals surface area contributed by atoms with E-state index in [0.29, 0.717) is 15.5 Å². The van der Waals surface area contributed by atoms with E-state index >= 15 is 0 Å². The van der Waals surface area contributed by atoms with E-state index < -0.39 is 15.8 Å². The summed E-state index contributed by atoms with van der Waals surface area (Å²) in [5.41, 5.74) is 1.73. The Morgan fingerprint density at radius 1 is 1.24 bits per heavy atom. The molecule has 0 fully saturated rings. The van der Waals surface area contributed by atoms with Gasteiger partial charge < -0.3 is 4.52 Å². The van der Waals surface area contributed by atoms with Crippen molar-refractivity contribution in [2.75, 3.05) is 4.72 Å². The number of hydrogen-bond donors (Lipinski definition) is 1. The SMILES string of the molecule is Cc1noc(-c2cc(S(=O)(=O)Nc3ccc(F)cc3Cl)c(C)s2)c1C. The third-order valence-corrected chi connectivity index (χ3v) is 6.70. The molecule has 1 N–H and O–H groups in total. The summed E-state index contributed by atoms with van der Waals surface area (Å²) in [5, 5.41) is 3.88. The molecule has 0 bridgehead atoms. The van der Waals surface area contributed by atoms with E-state index in [1.54, 1.807) is 6.92 Å². The number of halogens is 2. The molecule has 0 radical (unpaired) electrons. The van der Waals surface area contributed by atoms with Crippen LogP contribution in [0.1, 0.15) is 16.1 Å². The maximum Gasteiger partial charge on any atom is 0.263 e. The molecule has 9 heteroatoms. The molecule has 0 amide bonds. The number of nitrogens with zero attached hydrogens (tertiary/aromatic N) is 1. The standard InChI is InChI=1S/C16H14ClFN2O3S2/c1-8-9(2)19-23-16(8)14-7-15(10(3)24-14)25(21,22)20-13-5-4-11(18)6-12(13)17/h4-7,20H,1-3H3. The summed E-state index contributed by atoms with van der Waals surface area (Å²) in [6.45, 7) is 5.38. The van der Waals surface area contributed by atoms with E-state index in [-0.39, 0.29) is 15.6 Å². The lowest BCUT2D eigenvalue weighted by atomic mass is 10.2. The molecule has 2 heterocycles. The molecule has 0 aliphatic rings. The minimum atomic E-state index is -3.88. The molecule has 3 rings (SSSR count). The van der Waals surface area contributed by atoms with E-state index in [2.05, 4.69) is 9.88 Å². The zero-order chi connectivity index (χ0) is 18.4. The smallest absolute Gasteiger partial charge is 0.263 e. The van der Waals surface area contributed by atoms with Gasteiger partial charge in [0.15, 0.2) is 5.76 Å². The first-order valence-corrected chi connectivity index (χ1v) is 9.88. The molecule has 25 heavy (non-hydrogen) atoms. The van der Waals surface area contributed by atoms with Gasteiger partial charge in [0.05, 0.1) is 21.3 Å². The molecule has 0 aliphatic carbocycles. The highest BCUT2D eigenvalue weighted by atomic mass is 35.5. The van der Waals surface area contributed by atoms with Crippen molar-refractivity contribution >= 4 is 38.6 Å². The summed E-state index contributed by atoms with van der Waals surface area (Å²) in [4.78, 5) is 1.37. The van der Waals surface area contributed by atoms with Crippen LogP contribution in [0.5, 0.6) is 0 Å². The Balaban J connectivity index is 1.99. The molecule has 5 nitrogen and oxygen atoms in total. The van der Waals surface area contributed by atoms with Gasteiger partial charge in [-0.3, -0.25) is 4.72 Å². The highest BCUT2D eigenvalue weighted by molar-refractivity contribution is 7.93. The van der Waals surface area contributed by atoms with Crippen LogP contribution in [-0.2, 0) is 10.0 Å². The number of hydrogen-bond acceptors (Lipinski definition) is 5. The van der Waals surface area contributed by atoms with E-state index in [9.17, 15) is 12.8 Å². The van der Waals surface area contributed by atoms with Crippen molar-refractivity contribution in [3.05, 3.63) is 51.2 Å². The summed E-state index contributed by atoms with van der Waals surface area (Å²) in [6.07, 6.45) is 0. The van der Waals surface area contributed by atoms with Crippen LogP contribution in [0.4, 0.5) is 10.1 Å². The fraction of sp³-hybridized carbons (Fsp3) is 0.188. The van der Waals surface area contributed by atoms with Gasteiger partial charge >= 0.3 is 0 Å². The summed E-state index contributed by atoms with van der Waals surface area (Å²) in [5.74, 6) is 0.00461. The monoisotopic (exact) mass is 400 g/mol. The lowest BCUT2D eigenvalue weighted by Gasteiger charge is -2.09. The average Bonchev–Trinajstić information content (AvgIpc) is 3.06. The molecule has 0 unspecified atom stereocenters. The predicted molar refractivity (Wildman–Crippen MR) is 96.2 cm³/mol. The van der Waals surface area contributed by atoms with Crippen molar-refractivity contribution < 1.29 is 17.3 Å². The molecule has 1 aromatic carbocycles. The van der Waals surface area contributed by atoms with Crippen LogP contribution >= 0.6 is 22.9 Å². The molecular weight excluding hydrogens is 387 g/mol. The number of thiophene rings is 1. The summed E-state index contributed by atoms with van der Waals surface area (Å²) in [7, 11) is -3.88. The molecule has 0 saturated heterocycles. The van der Waals surface area contributed by atoms with E-state index in [1.807, 2.05) is 13.8 Å². The maximum absolute atomic E-state index is 13.1. The molecule has 0 aliphatic heterocycles. The minimum absolute atomic E-state index is 0.0154. The number of nitrogens with one attached hydrogen (secondary N) is 1. The Labute approximate surface area is 153 Å². The molecule has 0 atom stereocenters. The van der Waals surface area contributed by atoms with E-state index in [0.717, 1.165) is 23.4 Å². The van der Waals surface area contributed by atoms with E-state index in [4.69, 9.17) is 16.1 Å². The normalized spacial score (nSPS) is 11.7. The van der Waals surface area contributed by atoms with Crippen molar-refractivity contribution in [3.63, 3.8) is 0 Å². The first-order chi connectivity index (χ1) is 11.7. The Bertz CT molecular complexity index is 1060. The number of aromatic nitrogens is 1. The van der Waals surface area contributed by atoms with Gasteiger partial charge in [0, 0.05) is 10.4 Å². The van der Waals surface area contributed by atoms with Crippen LogP contribution in [0, 0.1) is 26.6 Å². The van der Waals surface area contributed by atoms with Gasteiger partial charge in [-0.15, -0.1) is 11.3 Å². The van der Waals surface area contributed by atoms with Gasteiger partial charge in [0.2, 0.25) is 0 Å². The maximum atomic E-state index is 13.1. The first kappa shape index (κ1) is 17.9. The van der Waals surface area contributed by atoms with Crippen LogP contribution in [0.15, 0.2) is 33.7 Å². The van der Waals surface area contributed by atoms with Gasteiger partial charge in [0.25, 0.3) is 10.0 Å². The summed E-state index contributed by atoms with van der Waals surface area (Å²) >= 11 is 7.19. The number of benzene rings is 1. The molecule has 0 spiro atoms. The van der Waals surface area contributed by atoms with E-state index in [1.165, 1.54) is 23.5 Å². The third-order valence-electron chi connectivity index (χ3n) is 3.72. The lowest BCUT2D eigenvalue weighted by molar-refractivity contribution is 0.427. The van der Waals surface area contributed by atoms with Crippen LogP contribution in [0.25, 0.3) is 10.6 Å². The molecule has 132 valence electrons. The minimum Gasteiger partial charge on any atom is -0.355 e. The van der Waals surface area contributed by atoms with Crippen molar-refractivity contribution in [3.8, 4) is 10.6 Å². The topological polar surface area (TPSA) is 72.2 Å². The zero-order valence-corrected chi connectivity index (χ0v) is 15.9. The molecule has 0 saturated carbocycles. The quantitative estimate of drug-likeness (QED) is 0.674. The zero-order valence-electron chi connectivity index (χ0n) is 13.6. The summed E-state index contributed by atoms with van der Waals surface area (Å²) in [6, 6.07) is 5.00. The molecule has 2 aromatic heterocycles. The van der Waals surface area contributed by atoms with Gasteiger partial charge in [0.1, 0.15) is 10.7 Å². The van der Waals surface area contributed by atoms with Gasteiger partial charge in [-0.25, -0.2) is 12.8 Å². The average molecular weight is 401 g/mol. The Kier molecular flexibility index (Phi) is 4.61. The van der Waals surface area contributed by atoms with Gasteiger partial charge in [-0.05, 0) is 45.0 Å². The number of anilines is 1. The predicted octanol–water partition coefficient (Wildman–Crippen LogP) is 4.92. The highest BCUT2D eigenvalue weighted by Crippen LogP contribution is 2.37. The summed E-state index contributed by atoms with van der Waals surface area (Å²) < 4.78 is 46.2. The Hall–Kier alpha value is -1.90. The van der Waals surface area contributed by atoms with Crippen molar-refractivity contribution in [2.45, 2.75) is 25.7 Å². The van der Waals surface area contributed by atoms with Crippen LogP contribution in [0.3, 0.4) is 0 Å². The van der Waals surface area contributed by atoms with Crippen molar-refractivity contribution in [1.29, 1.82) is 0 Å². The van der Waals surface area contributed by atoms with Crippen molar-refractivity contribution in [1.82, 2.24) is 5.16 Å². The Morgan fingerprint density at radius 3 is 2.56 bits per heavy atom. The Morgan fingerprint density at radius 2 is 1.96 bits per heavy atom. The highest BCUT2D eigenvalue weighted by Gasteiger charge is 2.24. The number of rotatable bonds is 4. The van der Waals surface area contributed by atoms with Crippen LogP contribution in [0.2, 0.25) is 5.02 Å². The van der Waals surface area contributed by atoms with Crippen molar-refractivity contribution in [2.24, 2.45) is 0 Å².